The summed E-state index contributed by atoms with van der Waals surface area (Å²) in [6.07, 6.45) is 2.66. The fourth-order valence-corrected chi connectivity index (χ4v) is 4.70. The summed E-state index contributed by atoms with van der Waals surface area (Å²) >= 11 is 0. The molecule has 0 aliphatic carbocycles. The fourth-order valence-electron chi connectivity index (χ4n) is 3.17. The Balaban J connectivity index is 0.00000192. The van der Waals surface area contributed by atoms with E-state index in [9.17, 15) is 8.42 Å². The number of benzene rings is 1. The summed E-state index contributed by atoms with van der Waals surface area (Å²) in [5, 5.41) is 3.35. The van der Waals surface area contributed by atoms with Crippen LogP contribution in [-0.4, -0.2) is 45.5 Å². The number of ether oxygens (including phenoxy) is 1. The van der Waals surface area contributed by atoms with Gasteiger partial charge in [0.25, 0.3) is 0 Å². The van der Waals surface area contributed by atoms with Crippen LogP contribution in [0.2, 0.25) is 0 Å². The molecule has 1 aromatic rings. The highest BCUT2D eigenvalue weighted by atomic mass is 35.5. The number of fused-ring (bicyclic) bond motifs is 1. The monoisotopic (exact) mass is 360 g/mol. The summed E-state index contributed by atoms with van der Waals surface area (Å²) < 4.78 is 32.6. The second-order valence-electron chi connectivity index (χ2n) is 6.02. The Kier molecular flexibility index (Phi) is 6.31. The molecule has 3 rings (SSSR count). The van der Waals surface area contributed by atoms with Crippen molar-refractivity contribution >= 4 is 22.4 Å². The van der Waals surface area contributed by atoms with Gasteiger partial charge in [-0.1, -0.05) is 6.92 Å². The highest BCUT2D eigenvalue weighted by Crippen LogP contribution is 2.30. The highest BCUT2D eigenvalue weighted by molar-refractivity contribution is 7.89. The van der Waals surface area contributed by atoms with Gasteiger partial charge in [-0.25, -0.2) is 8.42 Å². The summed E-state index contributed by atoms with van der Waals surface area (Å²) in [5.41, 5.74) is 1.00. The smallest absolute Gasteiger partial charge is 0.243 e. The largest absolute Gasteiger partial charge is 0.493 e. The van der Waals surface area contributed by atoms with E-state index < -0.39 is 10.0 Å². The standard InChI is InChI=1S/C16H24N2O3S.ClH/c1-2-17-12-13-5-8-18(9-6-13)22(19,20)15-3-4-16-14(11-15)7-10-21-16;/h3-4,11,13,17H,2,5-10,12H2,1H3;1H. The molecule has 0 amide bonds. The third kappa shape index (κ3) is 3.99. The fraction of sp³-hybridized carbons (Fsp3) is 0.625. The Hall–Kier alpha value is -0.820. The molecule has 130 valence electrons. The molecule has 23 heavy (non-hydrogen) atoms. The van der Waals surface area contributed by atoms with Crippen LogP contribution in [-0.2, 0) is 16.4 Å². The molecular formula is C16H25ClN2O3S. The minimum absolute atomic E-state index is 0. The zero-order chi connectivity index (χ0) is 15.6. The van der Waals surface area contributed by atoms with Crippen LogP contribution in [0.3, 0.4) is 0 Å². The van der Waals surface area contributed by atoms with Crippen LogP contribution < -0.4 is 10.1 Å². The van der Waals surface area contributed by atoms with Gasteiger partial charge in [-0.05, 0) is 55.6 Å². The van der Waals surface area contributed by atoms with Crippen molar-refractivity contribution < 1.29 is 13.2 Å². The second kappa shape index (κ2) is 7.83. The number of rotatable bonds is 5. The molecule has 2 aliphatic heterocycles. The van der Waals surface area contributed by atoms with Gasteiger partial charge in [-0.2, -0.15) is 4.31 Å². The molecule has 2 heterocycles. The summed E-state index contributed by atoms with van der Waals surface area (Å²) in [4.78, 5) is 0.405. The maximum absolute atomic E-state index is 12.8. The van der Waals surface area contributed by atoms with Gasteiger partial charge < -0.3 is 10.1 Å². The molecule has 0 radical (unpaired) electrons. The first-order valence-corrected chi connectivity index (χ1v) is 9.52. The van der Waals surface area contributed by atoms with Crippen molar-refractivity contribution in [3.63, 3.8) is 0 Å². The quantitative estimate of drug-likeness (QED) is 0.873. The molecular weight excluding hydrogens is 336 g/mol. The van der Waals surface area contributed by atoms with Crippen LogP contribution in [0.5, 0.6) is 5.75 Å². The molecule has 1 fully saturated rings. The third-order valence-electron chi connectivity index (χ3n) is 4.56. The van der Waals surface area contributed by atoms with Crippen LogP contribution in [0.25, 0.3) is 0 Å². The molecule has 0 spiro atoms. The Labute approximate surface area is 144 Å². The van der Waals surface area contributed by atoms with Crippen LogP contribution >= 0.6 is 12.4 Å². The van der Waals surface area contributed by atoms with Crippen LogP contribution in [0.4, 0.5) is 0 Å². The van der Waals surface area contributed by atoms with Gasteiger partial charge in [0.2, 0.25) is 10.0 Å². The van der Waals surface area contributed by atoms with Crippen molar-refractivity contribution in [1.82, 2.24) is 9.62 Å². The molecule has 1 N–H and O–H groups in total. The topological polar surface area (TPSA) is 58.6 Å². The molecule has 1 aromatic carbocycles. The third-order valence-corrected chi connectivity index (χ3v) is 6.45. The Morgan fingerprint density at radius 2 is 2.04 bits per heavy atom. The zero-order valence-corrected chi connectivity index (χ0v) is 15.1. The minimum atomic E-state index is -3.37. The van der Waals surface area contributed by atoms with E-state index in [1.807, 2.05) is 0 Å². The number of piperidine rings is 1. The van der Waals surface area contributed by atoms with E-state index in [-0.39, 0.29) is 12.4 Å². The second-order valence-corrected chi connectivity index (χ2v) is 7.96. The average Bonchev–Trinajstić information content (AvgIpc) is 3.01. The Morgan fingerprint density at radius 3 is 2.74 bits per heavy atom. The van der Waals surface area contributed by atoms with Crippen molar-refractivity contribution in [1.29, 1.82) is 0 Å². The van der Waals surface area contributed by atoms with E-state index in [0.717, 1.165) is 43.7 Å². The van der Waals surface area contributed by atoms with Gasteiger partial charge >= 0.3 is 0 Å². The Morgan fingerprint density at radius 1 is 1.30 bits per heavy atom. The number of hydrogen-bond acceptors (Lipinski definition) is 4. The Bertz CT molecular complexity index is 628. The van der Waals surface area contributed by atoms with Crippen molar-refractivity contribution in [2.24, 2.45) is 5.92 Å². The van der Waals surface area contributed by atoms with E-state index in [4.69, 9.17) is 4.74 Å². The van der Waals surface area contributed by atoms with E-state index in [1.165, 1.54) is 0 Å². The molecule has 0 unspecified atom stereocenters. The van der Waals surface area contributed by atoms with E-state index in [1.54, 1.807) is 22.5 Å². The lowest BCUT2D eigenvalue weighted by atomic mass is 9.98. The SMILES string of the molecule is CCNCC1CCN(S(=O)(=O)c2ccc3c(c2)CCO3)CC1.Cl. The van der Waals surface area contributed by atoms with Gasteiger partial charge in [-0.3, -0.25) is 0 Å². The predicted molar refractivity (Wildman–Crippen MR) is 92.9 cm³/mol. The van der Waals surface area contributed by atoms with Crippen LogP contribution in [0, 0.1) is 5.92 Å². The lowest BCUT2D eigenvalue weighted by molar-refractivity contribution is 0.268. The van der Waals surface area contributed by atoms with Gasteiger partial charge in [0.05, 0.1) is 11.5 Å². The van der Waals surface area contributed by atoms with Gasteiger partial charge in [0, 0.05) is 19.5 Å². The minimum Gasteiger partial charge on any atom is -0.493 e. The average molecular weight is 361 g/mol. The van der Waals surface area contributed by atoms with E-state index >= 15 is 0 Å². The first-order valence-electron chi connectivity index (χ1n) is 8.08. The molecule has 2 aliphatic rings. The summed E-state index contributed by atoms with van der Waals surface area (Å²) in [6, 6.07) is 5.24. The van der Waals surface area contributed by atoms with Crippen molar-refractivity contribution in [2.75, 3.05) is 32.8 Å². The van der Waals surface area contributed by atoms with Crippen LogP contribution in [0.15, 0.2) is 23.1 Å². The lowest BCUT2D eigenvalue weighted by Crippen LogP contribution is -2.40. The maximum atomic E-state index is 12.8. The van der Waals surface area contributed by atoms with Gasteiger partial charge in [-0.15, -0.1) is 12.4 Å². The molecule has 0 aromatic heterocycles. The summed E-state index contributed by atoms with van der Waals surface area (Å²) in [7, 11) is -3.37. The highest BCUT2D eigenvalue weighted by Gasteiger charge is 2.30. The molecule has 7 heteroatoms. The first kappa shape index (κ1) is 18.5. The summed E-state index contributed by atoms with van der Waals surface area (Å²) in [6.45, 7) is 5.93. The lowest BCUT2D eigenvalue weighted by Gasteiger charge is -2.31. The van der Waals surface area contributed by atoms with Gasteiger partial charge in [0.1, 0.15) is 5.75 Å². The number of halogens is 1. The van der Waals surface area contributed by atoms with Crippen molar-refractivity contribution in [2.45, 2.75) is 31.1 Å². The maximum Gasteiger partial charge on any atom is 0.243 e. The van der Waals surface area contributed by atoms with Crippen molar-refractivity contribution in [3.8, 4) is 5.75 Å². The van der Waals surface area contributed by atoms with E-state index in [2.05, 4.69) is 12.2 Å². The van der Waals surface area contributed by atoms with Crippen LogP contribution in [0.1, 0.15) is 25.3 Å². The first-order chi connectivity index (χ1) is 10.6. The molecule has 5 nitrogen and oxygen atoms in total. The number of hydrogen-bond donors (Lipinski definition) is 1. The van der Waals surface area contributed by atoms with Crippen molar-refractivity contribution in [3.05, 3.63) is 23.8 Å². The predicted octanol–water partition coefficient (Wildman–Crippen LogP) is 2.05. The summed E-state index contributed by atoms with van der Waals surface area (Å²) in [5.74, 6) is 1.41. The molecule has 1 saturated heterocycles. The molecule has 0 saturated carbocycles. The zero-order valence-electron chi connectivity index (χ0n) is 13.5. The van der Waals surface area contributed by atoms with E-state index in [0.29, 0.717) is 30.5 Å². The number of nitrogens with zero attached hydrogens (tertiary/aromatic N) is 1. The molecule has 0 atom stereocenters. The number of nitrogens with one attached hydrogen (secondary N) is 1. The van der Waals surface area contributed by atoms with Gasteiger partial charge in [0.15, 0.2) is 0 Å². The number of sulfonamides is 1. The molecule has 0 bridgehead atoms. The normalized spacial score (nSPS) is 19.0.